The van der Waals surface area contributed by atoms with Crippen LogP contribution in [-0.2, 0) is 4.79 Å². The van der Waals surface area contributed by atoms with Crippen molar-refractivity contribution < 1.29 is 4.79 Å². The fourth-order valence-corrected chi connectivity index (χ4v) is 5.00. The maximum Gasteiger partial charge on any atom is 0.245 e. The van der Waals surface area contributed by atoms with E-state index in [0.29, 0.717) is 17.4 Å². The Morgan fingerprint density at radius 3 is 2.90 bits per heavy atom. The molecule has 2 aromatic heterocycles. The lowest BCUT2D eigenvalue weighted by molar-refractivity contribution is -0.135. The van der Waals surface area contributed by atoms with E-state index in [-0.39, 0.29) is 5.91 Å². The average Bonchev–Trinajstić information content (AvgIpc) is 3.44. The number of rotatable bonds is 9. The molecule has 0 aliphatic carbocycles. The molecule has 7 nitrogen and oxygen atoms in total. The Labute approximate surface area is 182 Å². The second kappa shape index (κ2) is 9.97. The molecule has 1 aliphatic heterocycles. The zero-order chi connectivity index (χ0) is 21.0. The summed E-state index contributed by atoms with van der Waals surface area (Å²) in [6.45, 7) is 8.61. The van der Waals surface area contributed by atoms with Crippen LogP contribution in [0.15, 0.2) is 17.5 Å². The number of carbonyl (C=O) groups is 1. The first-order valence-corrected chi connectivity index (χ1v) is 11.6. The van der Waals surface area contributed by atoms with Gasteiger partial charge in [0.05, 0.1) is 4.88 Å². The number of hydrogen-bond donors (Lipinski definition) is 1. The maximum atomic E-state index is 13.6. The summed E-state index contributed by atoms with van der Waals surface area (Å²) in [4.78, 5) is 21.2. The predicted octanol–water partition coefficient (Wildman–Crippen LogP) is 3.10. The second-order valence-electron chi connectivity index (χ2n) is 7.89. The quantitative estimate of drug-likeness (QED) is 0.612. The van der Waals surface area contributed by atoms with Gasteiger partial charge in [-0.05, 0) is 70.6 Å². The number of likely N-dealkylation sites (tertiary alicyclic amines) is 1. The number of carbonyl (C=O) groups excluding carboxylic acids is 1. The first-order valence-electron chi connectivity index (χ1n) is 10.3. The molecule has 1 fully saturated rings. The van der Waals surface area contributed by atoms with Gasteiger partial charge < -0.3 is 9.80 Å². The van der Waals surface area contributed by atoms with E-state index in [2.05, 4.69) is 26.9 Å². The summed E-state index contributed by atoms with van der Waals surface area (Å²) in [5.41, 5.74) is 0. The fourth-order valence-electron chi connectivity index (χ4n) is 4.00. The molecule has 1 saturated heterocycles. The van der Waals surface area contributed by atoms with E-state index in [4.69, 9.17) is 12.2 Å². The minimum atomic E-state index is -0.406. The molecule has 1 aliphatic rings. The molecule has 1 N–H and O–H groups in total. The van der Waals surface area contributed by atoms with Gasteiger partial charge in [0.2, 0.25) is 5.91 Å². The third kappa shape index (κ3) is 5.14. The highest BCUT2D eigenvalue weighted by molar-refractivity contribution is 7.71. The summed E-state index contributed by atoms with van der Waals surface area (Å²) in [5.74, 6) is 0.833. The largest absolute Gasteiger partial charge is 0.338 e. The molecule has 3 heterocycles. The van der Waals surface area contributed by atoms with Crippen LogP contribution in [0.5, 0.6) is 0 Å². The number of nitrogens with one attached hydrogen (secondary N) is 1. The van der Waals surface area contributed by atoms with Crippen LogP contribution in [0, 0.1) is 4.77 Å². The molecule has 2 unspecified atom stereocenters. The Kier molecular flexibility index (Phi) is 7.61. The number of hydrogen-bond acceptors (Lipinski definition) is 6. The van der Waals surface area contributed by atoms with Gasteiger partial charge in [-0.25, -0.2) is 0 Å². The molecular weight excluding hydrogens is 404 g/mol. The van der Waals surface area contributed by atoms with Gasteiger partial charge >= 0.3 is 0 Å². The summed E-state index contributed by atoms with van der Waals surface area (Å²) >= 11 is 7.08. The predicted molar refractivity (Wildman–Crippen MR) is 121 cm³/mol. The minimum Gasteiger partial charge on any atom is -0.338 e. The van der Waals surface area contributed by atoms with E-state index in [0.717, 1.165) is 43.3 Å². The third-order valence-electron chi connectivity index (χ3n) is 5.66. The Morgan fingerprint density at radius 1 is 1.45 bits per heavy atom. The van der Waals surface area contributed by atoms with Gasteiger partial charge in [-0.1, -0.05) is 13.0 Å². The standard InChI is InChI=1S/C20H32N6OS2/c1-5-24-10-6-8-16(24)14-25(12-11-23(3)4)19(27)15(2)26-18(21-22-20(26)28)17-9-7-13-29-17/h7,9,13,15-16H,5-6,8,10-12,14H2,1-4H3,(H,22,28). The van der Waals surface area contributed by atoms with Crippen LogP contribution in [0.3, 0.4) is 0 Å². The molecule has 0 saturated carbocycles. The van der Waals surface area contributed by atoms with Crippen molar-refractivity contribution in [3.05, 3.63) is 22.3 Å². The van der Waals surface area contributed by atoms with Gasteiger partial charge in [-0.15, -0.1) is 11.3 Å². The summed E-state index contributed by atoms with van der Waals surface area (Å²) in [6, 6.07) is 4.02. The maximum absolute atomic E-state index is 13.6. The Balaban J connectivity index is 1.83. The second-order valence-corrected chi connectivity index (χ2v) is 9.22. The Bertz CT molecular complexity index is 844. The van der Waals surface area contributed by atoms with E-state index in [9.17, 15) is 4.79 Å². The van der Waals surface area contributed by atoms with Crippen molar-refractivity contribution in [3.8, 4) is 10.7 Å². The monoisotopic (exact) mass is 436 g/mol. The lowest BCUT2D eigenvalue weighted by Gasteiger charge is -2.33. The van der Waals surface area contributed by atoms with Crippen LogP contribution in [0.2, 0.25) is 0 Å². The van der Waals surface area contributed by atoms with Gasteiger partial charge in [0.1, 0.15) is 6.04 Å². The van der Waals surface area contributed by atoms with E-state index in [1.165, 1.54) is 6.42 Å². The summed E-state index contributed by atoms with van der Waals surface area (Å²) in [5, 5.41) is 9.27. The summed E-state index contributed by atoms with van der Waals surface area (Å²) in [7, 11) is 4.09. The number of aromatic nitrogens is 3. The lowest BCUT2D eigenvalue weighted by Crippen LogP contribution is -2.47. The van der Waals surface area contributed by atoms with Crippen LogP contribution in [0.4, 0.5) is 0 Å². The third-order valence-corrected chi connectivity index (χ3v) is 6.81. The Morgan fingerprint density at radius 2 is 2.24 bits per heavy atom. The van der Waals surface area contributed by atoms with Gasteiger partial charge in [0.15, 0.2) is 10.6 Å². The fraction of sp³-hybridized carbons (Fsp3) is 0.650. The molecule has 9 heteroatoms. The molecule has 0 spiro atoms. The minimum absolute atomic E-state index is 0.102. The van der Waals surface area contributed by atoms with Gasteiger partial charge in [-0.2, -0.15) is 5.10 Å². The van der Waals surface area contributed by atoms with Crippen molar-refractivity contribution in [2.24, 2.45) is 0 Å². The topological polar surface area (TPSA) is 60.4 Å². The molecule has 0 bridgehead atoms. The van der Waals surface area contributed by atoms with E-state index in [1.807, 2.05) is 48.0 Å². The number of H-pyrrole nitrogens is 1. The van der Waals surface area contributed by atoms with Crippen LogP contribution in [-0.4, -0.2) is 88.2 Å². The van der Waals surface area contributed by atoms with Crippen LogP contribution >= 0.6 is 23.6 Å². The van der Waals surface area contributed by atoms with Gasteiger partial charge in [0, 0.05) is 25.7 Å². The van der Waals surface area contributed by atoms with Crippen molar-refractivity contribution >= 4 is 29.5 Å². The van der Waals surface area contributed by atoms with Gasteiger partial charge in [-0.3, -0.25) is 19.4 Å². The molecule has 3 rings (SSSR count). The van der Waals surface area contributed by atoms with Crippen molar-refractivity contribution in [3.63, 3.8) is 0 Å². The van der Waals surface area contributed by atoms with Crippen molar-refractivity contribution in [1.29, 1.82) is 0 Å². The number of amides is 1. The number of nitrogens with zero attached hydrogens (tertiary/aromatic N) is 5. The first kappa shape index (κ1) is 22.1. The SMILES string of the molecule is CCN1CCCC1CN(CCN(C)C)C(=O)C(C)n1c(-c2cccs2)n[nH]c1=S. The molecule has 0 radical (unpaired) electrons. The van der Waals surface area contributed by atoms with E-state index < -0.39 is 6.04 Å². The van der Waals surface area contributed by atoms with Crippen molar-refractivity contribution in [1.82, 2.24) is 29.5 Å². The van der Waals surface area contributed by atoms with Crippen LogP contribution in [0.25, 0.3) is 10.7 Å². The van der Waals surface area contributed by atoms with E-state index >= 15 is 0 Å². The molecule has 2 aromatic rings. The number of thiophene rings is 1. The number of aromatic amines is 1. The average molecular weight is 437 g/mol. The zero-order valence-electron chi connectivity index (χ0n) is 17.8. The smallest absolute Gasteiger partial charge is 0.245 e. The molecular formula is C20H32N6OS2. The molecule has 29 heavy (non-hydrogen) atoms. The van der Waals surface area contributed by atoms with Crippen molar-refractivity contribution in [2.45, 2.75) is 38.8 Å². The molecule has 160 valence electrons. The van der Waals surface area contributed by atoms with Gasteiger partial charge in [0.25, 0.3) is 0 Å². The highest BCUT2D eigenvalue weighted by Crippen LogP contribution is 2.27. The van der Waals surface area contributed by atoms with Crippen LogP contribution < -0.4 is 0 Å². The highest BCUT2D eigenvalue weighted by atomic mass is 32.1. The summed E-state index contributed by atoms with van der Waals surface area (Å²) in [6.07, 6.45) is 2.36. The normalized spacial score (nSPS) is 18.4. The highest BCUT2D eigenvalue weighted by Gasteiger charge is 2.30. The molecule has 2 atom stereocenters. The number of likely N-dealkylation sites (N-methyl/N-ethyl adjacent to an activating group) is 2. The van der Waals surface area contributed by atoms with Crippen molar-refractivity contribution in [2.75, 3.05) is 46.8 Å². The van der Waals surface area contributed by atoms with Crippen LogP contribution in [0.1, 0.15) is 32.7 Å². The summed E-state index contributed by atoms with van der Waals surface area (Å²) < 4.78 is 2.34. The lowest BCUT2D eigenvalue weighted by atomic mass is 10.1. The van der Waals surface area contributed by atoms with E-state index in [1.54, 1.807) is 11.3 Å². The Hall–Kier alpha value is -1.55. The first-order chi connectivity index (χ1) is 13.9. The molecule has 0 aromatic carbocycles. The molecule has 1 amide bonds. The zero-order valence-corrected chi connectivity index (χ0v) is 19.4.